The predicted molar refractivity (Wildman–Crippen MR) is 39.1 cm³/mol. The third kappa shape index (κ3) is 1.60. The Morgan fingerprint density at radius 2 is 2.00 bits per heavy atom. The molecule has 80 valence electrons. The van der Waals surface area contributed by atoms with Crippen molar-refractivity contribution >= 4 is 5.82 Å². The average molecular weight is 220 g/mol. The molecule has 0 aliphatic heterocycles. The van der Waals surface area contributed by atoms with E-state index in [9.17, 15) is 13.2 Å². The molecule has 2 aromatic rings. The minimum Gasteiger partial charge on any atom is -0.379 e. The van der Waals surface area contributed by atoms with Crippen LogP contribution in [-0.4, -0.2) is 25.5 Å². The summed E-state index contributed by atoms with van der Waals surface area (Å²) in [6.45, 7) is 0. The Kier molecular flexibility index (Phi) is 1.84. The first-order valence-electron chi connectivity index (χ1n) is 3.56. The fourth-order valence-electron chi connectivity index (χ4n) is 0.845. The monoisotopic (exact) mass is 220 g/mol. The molecule has 0 amide bonds. The number of nitrogens with zero attached hydrogens (tertiary/aromatic N) is 4. The fraction of sp³-hybridized carbons (Fsp3) is 0.200. The number of nitrogens with one attached hydrogen (secondary N) is 1. The number of rotatable bonds is 1. The molecule has 10 heteroatoms. The molecule has 0 spiro atoms. The summed E-state index contributed by atoms with van der Waals surface area (Å²) < 4.78 is 40.6. The van der Waals surface area contributed by atoms with Gasteiger partial charge < -0.3 is 5.73 Å². The molecule has 2 aromatic heterocycles. The van der Waals surface area contributed by atoms with Gasteiger partial charge in [0.1, 0.15) is 0 Å². The van der Waals surface area contributed by atoms with Crippen LogP contribution in [0.15, 0.2) is 4.63 Å². The van der Waals surface area contributed by atoms with Crippen molar-refractivity contribution in [3.05, 3.63) is 5.82 Å². The van der Waals surface area contributed by atoms with Crippen molar-refractivity contribution in [1.82, 2.24) is 25.5 Å². The van der Waals surface area contributed by atoms with Crippen LogP contribution in [0.25, 0.3) is 11.5 Å². The van der Waals surface area contributed by atoms with Gasteiger partial charge in [-0.25, -0.2) is 9.61 Å². The highest BCUT2D eigenvalue weighted by molar-refractivity contribution is 5.61. The summed E-state index contributed by atoms with van der Waals surface area (Å²) in [7, 11) is 0. The van der Waals surface area contributed by atoms with E-state index >= 15 is 0 Å². The predicted octanol–water partition coefficient (Wildman–Crippen LogP) is 0.456. The molecule has 3 N–H and O–H groups in total. The van der Waals surface area contributed by atoms with Crippen molar-refractivity contribution in [2.24, 2.45) is 0 Å². The molecule has 0 bridgehead atoms. The topological polar surface area (TPSA) is 107 Å². The van der Waals surface area contributed by atoms with Crippen LogP contribution in [0.2, 0.25) is 0 Å². The lowest BCUT2D eigenvalue weighted by molar-refractivity contribution is -0.144. The zero-order valence-electron chi connectivity index (χ0n) is 6.91. The third-order valence-electron chi connectivity index (χ3n) is 1.48. The van der Waals surface area contributed by atoms with Crippen molar-refractivity contribution in [2.75, 3.05) is 5.73 Å². The third-order valence-corrected chi connectivity index (χ3v) is 1.48. The molecular weight excluding hydrogens is 217 g/mol. The summed E-state index contributed by atoms with van der Waals surface area (Å²) in [6.07, 6.45) is -4.60. The van der Waals surface area contributed by atoms with E-state index in [-0.39, 0.29) is 17.3 Å². The summed E-state index contributed by atoms with van der Waals surface area (Å²) in [6, 6.07) is 0. The van der Waals surface area contributed by atoms with E-state index in [1.165, 1.54) is 0 Å². The van der Waals surface area contributed by atoms with Gasteiger partial charge in [-0.15, -0.1) is 0 Å². The van der Waals surface area contributed by atoms with Gasteiger partial charge in [-0.2, -0.15) is 18.3 Å². The SMILES string of the molecule is Nc1nonc1-c1n[nH]c(C(F)(F)F)n1. The molecule has 0 aromatic carbocycles. The Hall–Kier alpha value is -2.13. The maximum absolute atomic E-state index is 12.1. The zero-order valence-corrected chi connectivity index (χ0v) is 6.91. The lowest BCUT2D eigenvalue weighted by Crippen LogP contribution is -2.07. The summed E-state index contributed by atoms with van der Waals surface area (Å²) in [5.74, 6) is -1.73. The van der Waals surface area contributed by atoms with Crippen molar-refractivity contribution in [3.8, 4) is 11.5 Å². The molecule has 0 radical (unpaired) electrons. The first-order valence-corrected chi connectivity index (χ1v) is 3.56. The number of nitrogens with two attached hydrogens (primary N) is 1. The van der Waals surface area contributed by atoms with Gasteiger partial charge >= 0.3 is 6.18 Å². The minimum atomic E-state index is -4.60. The zero-order chi connectivity index (χ0) is 11.1. The van der Waals surface area contributed by atoms with Crippen LogP contribution in [0.3, 0.4) is 0 Å². The van der Waals surface area contributed by atoms with Gasteiger partial charge in [-0.05, 0) is 10.3 Å². The number of H-pyrrole nitrogens is 1. The Balaban J connectivity index is 2.41. The van der Waals surface area contributed by atoms with Crippen LogP contribution in [-0.2, 0) is 6.18 Å². The molecule has 15 heavy (non-hydrogen) atoms. The van der Waals surface area contributed by atoms with Crippen LogP contribution in [0, 0.1) is 0 Å². The van der Waals surface area contributed by atoms with Gasteiger partial charge in [0.2, 0.25) is 11.6 Å². The van der Waals surface area contributed by atoms with E-state index in [4.69, 9.17) is 5.73 Å². The maximum atomic E-state index is 12.1. The quantitative estimate of drug-likeness (QED) is 0.722. The summed E-state index contributed by atoms with van der Waals surface area (Å²) in [4.78, 5) is 3.15. The molecule has 2 rings (SSSR count). The smallest absolute Gasteiger partial charge is 0.379 e. The van der Waals surface area contributed by atoms with E-state index in [1.54, 1.807) is 5.10 Å². The number of nitrogen functional groups attached to an aromatic ring is 1. The molecule has 0 saturated carbocycles. The molecule has 0 aliphatic rings. The Labute approximate surface area is 79.4 Å². The Morgan fingerprint density at radius 3 is 2.47 bits per heavy atom. The number of hydrogen-bond donors (Lipinski definition) is 2. The van der Waals surface area contributed by atoms with E-state index in [1.807, 2.05) is 0 Å². The lowest BCUT2D eigenvalue weighted by atomic mass is 10.4. The van der Waals surface area contributed by atoms with Gasteiger partial charge in [-0.3, -0.25) is 5.10 Å². The summed E-state index contributed by atoms with van der Waals surface area (Å²) >= 11 is 0. The number of anilines is 1. The minimum absolute atomic E-state index is 0.137. The number of aromatic nitrogens is 5. The normalized spacial score (nSPS) is 11.9. The van der Waals surface area contributed by atoms with Gasteiger partial charge in [-0.1, -0.05) is 0 Å². The fourth-order valence-corrected chi connectivity index (χ4v) is 0.845. The van der Waals surface area contributed by atoms with E-state index < -0.39 is 12.0 Å². The number of hydrogen-bond acceptors (Lipinski definition) is 6. The lowest BCUT2D eigenvalue weighted by Gasteiger charge is -1.97. The van der Waals surface area contributed by atoms with Gasteiger partial charge in [0.15, 0.2) is 11.5 Å². The van der Waals surface area contributed by atoms with E-state index in [0.29, 0.717) is 0 Å². The second-order valence-corrected chi connectivity index (χ2v) is 2.50. The molecule has 2 heterocycles. The first-order chi connectivity index (χ1) is 6.98. The van der Waals surface area contributed by atoms with Crippen molar-refractivity contribution < 1.29 is 17.8 Å². The number of alkyl halides is 3. The highest BCUT2D eigenvalue weighted by Crippen LogP contribution is 2.27. The van der Waals surface area contributed by atoms with Crippen LogP contribution in [0.1, 0.15) is 5.82 Å². The standard InChI is InChI=1S/C5H3F3N6O/c6-5(7,8)4-10-3(11-12-4)1-2(9)14-15-13-1/h(H2,9,14)(H,10,11,12). The van der Waals surface area contributed by atoms with Gasteiger partial charge in [0.25, 0.3) is 0 Å². The van der Waals surface area contributed by atoms with E-state index in [0.717, 1.165) is 0 Å². The molecular formula is C5H3F3N6O. The largest absolute Gasteiger partial charge is 0.451 e. The molecule has 7 nitrogen and oxygen atoms in total. The average Bonchev–Trinajstić information content (AvgIpc) is 2.69. The summed E-state index contributed by atoms with van der Waals surface area (Å²) in [5, 5.41) is 11.4. The van der Waals surface area contributed by atoms with Gasteiger partial charge in [0.05, 0.1) is 0 Å². The second-order valence-electron chi connectivity index (χ2n) is 2.50. The molecule has 0 aliphatic carbocycles. The van der Waals surface area contributed by atoms with Crippen molar-refractivity contribution in [3.63, 3.8) is 0 Å². The van der Waals surface area contributed by atoms with E-state index in [2.05, 4.69) is 25.0 Å². The maximum Gasteiger partial charge on any atom is 0.451 e. The first kappa shape index (κ1) is 9.43. The summed E-state index contributed by atoms with van der Waals surface area (Å²) in [5.41, 5.74) is 5.11. The Bertz CT molecular complexity index is 473. The van der Waals surface area contributed by atoms with Gasteiger partial charge in [0, 0.05) is 0 Å². The van der Waals surface area contributed by atoms with Crippen LogP contribution < -0.4 is 5.73 Å². The molecule has 0 atom stereocenters. The van der Waals surface area contributed by atoms with Crippen molar-refractivity contribution in [1.29, 1.82) is 0 Å². The van der Waals surface area contributed by atoms with Crippen LogP contribution in [0.4, 0.5) is 19.0 Å². The number of aromatic amines is 1. The van der Waals surface area contributed by atoms with Crippen molar-refractivity contribution in [2.45, 2.75) is 6.18 Å². The highest BCUT2D eigenvalue weighted by atomic mass is 19.4. The Morgan fingerprint density at radius 1 is 1.27 bits per heavy atom. The number of halogens is 3. The highest BCUT2D eigenvalue weighted by Gasteiger charge is 2.35. The second kappa shape index (κ2) is 2.93. The molecule has 0 unspecified atom stereocenters. The van der Waals surface area contributed by atoms with Crippen LogP contribution in [0.5, 0.6) is 0 Å². The molecule has 0 fully saturated rings. The van der Waals surface area contributed by atoms with Crippen LogP contribution >= 0.6 is 0 Å². The molecule has 0 saturated heterocycles.